The molecule has 0 aliphatic carbocycles. The average Bonchev–Trinajstić information content (AvgIpc) is 2.85. The molecule has 0 fully saturated rings. The van der Waals surface area contributed by atoms with Gasteiger partial charge in [0.2, 0.25) is 5.91 Å². The number of hydrogen-bond donors (Lipinski definition) is 0. The van der Waals surface area contributed by atoms with Crippen LogP contribution in [0, 0.1) is 0 Å². The van der Waals surface area contributed by atoms with Gasteiger partial charge in [0.1, 0.15) is 12.6 Å². The van der Waals surface area contributed by atoms with Crippen LogP contribution in [0.15, 0.2) is 23.1 Å². The smallest absolute Gasteiger partial charge is 0.243 e. The predicted octanol–water partition coefficient (Wildman–Crippen LogP) is 3.95. The molecule has 0 N–H and O–H groups in total. The van der Waals surface area contributed by atoms with E-state index in [1.54, 1.807) is 16.2 Å². The normalized spacial score (nSPS) is 10.6. The molecule has 106 valence electrons. The zero-order valence-corrected chi connectivity index (χ0v) is 13.3. The molecule has 0 aliphatic heterocycles. The molecule has 0 unspecified atom stereocenters. The fraction of sp³-hybridized carbons (Fsp3) is 0.500. The van der Waals surface area contributed by atoms with Crippen LogP contribution in [-0.2, 0) is 9.53 Å². The van der Waals surface area contributed by atoms with Crippen molar-refractivity contribution in [2.75, 3.05) is 12.6 Å². The lowest BCUT2D eigenvalue weighted by Crippen LogP contribution is -2.34. The van der Waals surface area contributed by atoms with Crippen LogP contribution in [0.25, 0.3) is 5.70 Å². The average molecular weight is 302 g/mol. The first-order valence-electron chi connectivity index (χ1n) is 6.16. The standard InChI is InChI=1S/C14H20ClNO2S/c1-10(2)14(12-6-5-7-19-12)16(13(17)8-15)9-18-11(3)4/h5-7,11H,8-9H2,1-4H3. The molecule has 1 heterocycles. The minimum absolute atomic E-state index is 0.0520. The SMILES string of the molecule is CC(C)=C(c1cccs1)N(COC(C)C)C(=O)CCl. The van der Waals surface area contributed by atoms with Crippen LogP contribution in [0.3, 0.4) is 0 Å². The van der Waals surface area contributed by atoms with Crippen molar-refractivity contribution in [1.82, 2.24) is 4.90 Å². The van der Waals surface area contributed by atoms with E-state index in [2.05, 4.69) is 0 Å². The molecule has 5 heteroatoms. The number of hydrogen-bond acceptors (Lipinski definition) is 3. The summed E-state index contributed by atoms with van der Waals surface area (Å²) in [6, 6.07) is 3.96. The first-order valence-corrected chi connectivity index (χ1v) is 7.58. The molecule has 0 atom stereocenters. The molecule has 0 aromatic carbocycles. The summed E-state index contributed by atoms with van der Waals surface area (Å²) >= 11 is 7.31. The van der Waals surface area contributed by atoms with E-state index in [-0.39, 0.29) is 24.6 Å². The molecule has 19 heavy (non-hydrogen) atoms. The monoisotopic (exact) mass is 301 g/mol. The summed E-state index contributed by atoms with van der Waals surface area (Å²) in [5.74, 6) is -0.198. The molecule has 0 spiro atoms. The predicted molar refractivity (Wildman–Crippen MR) is 81.2 cm³/mol. The summed E-state index contributed by atoms with van der Waals surface area (Å²) < 4.78 is 5.57. The van der Waals surface area contributed by atoms with Gasteiger partial charge in [0.25, 0.3) is 0 Å². The summed E-state index contributed by atoms with van der Waals surface area (Å²) in [5.41, 5.74) is 1.95. The van der Waals surface area contributed by atoms with Gasteiger partial charge < -0.3 is 4.74 Å². The van der Waals surface area contributed by atoms with Gasteiger partial charge in [0.15, 0.2) is 0 Å². The second kappa shape index (κ2) is 7.68. The number of thiophene rings is 1. The maximum absolute atomic E-state index is 12.1. The van der Waals surface area contributed by atoms with Gasteiger partial charge in [0.05, 0.1) is 16.7 Å². The van der Waals surface area contributed by atoms with Crippen molar-refractivity contribution in [3.63, 3.8) is 0 Å². The van der Waals surface area contributed by atoms with Gasteiger partial charge in [-0.2, -0.15) is 0 Å². The molecular formula is C14H20ClNO2S. The van der Waals surface area contributed by atoms with Gasteiger partial charge in [0, 0.05) is 0 Å². The van der Waals surface area contributed by atoms with Crippen LogP contribution in [0.1, 0.15) is 32.6 Å². The first-order chi connectivity index (χ1) is 8.97. The Morgan fingerprint density at radius 3 is 2.58 bits per heavy atom. The number of allylic oxidation sites excluding steroid dienone is 1. The lowest BCUT2D eigenvalue weighted by atomic mass is 10.2. The molecule has 0 aliphatic rings. The molecular weight excluding hydrogens is 282 g/mol. The van der Waals surface area contributed by atoms with Crippen LogP contribution in [-0.4, -0.2) is 29.5 Å². The van der Waals surface area contributed by atoms with E-state index in [4.69, 9.17) is 16.3 Å². The van der Waals surface area contributed by atoms with E-state index in [0.29, 0.717) is 0 Å². The van der Waals surface area contributed by atoms with Crippen molar-refractivity contribution in [3.8, 4) is 0 Å². The highest BCUT2D eigenvalue weighted by Gasteiger charge is 2.21. The maximum atomic E-state index is 12.1. The Balaban J connectivity index is 3.06. The molecule has 1 amide bonds. The molecule has 0 saturated carbocycles. The lowest BCUT2D eigenvalue weighted by molar-refractivity contribution is -0.130. The van der Waals surface area contributed by atoms with E-state index in [0.717, 1.165) is 16.1 Å². The fourth-order valence-corrected chi connectivity index (χ4v) is 2.65. The number of carbonyl (C=O) groups is 1. The second-order valence-corrected chi connectivity index (χ2v) is 5.84. The Kier molecular flexibility index (Phi) is 6.55. The molecule has 0 radical (unpaired) electrons. The van der Waals surface area contributed by atoms with Crippen LogP contribution in [0.5, 0.6) is 0 Å². The highest BCUT2D eigenvalue weighted by Crippen LogP contribution is 2.27. The molecule has 0 saturated heterocycles. The van der Waals surface area contributed by atoms with E-state index in [9.17, 15) is 4.79 Å². The lowest BCUT2D eigenvalue weighted by Gasteiger charge is -2.26. The van der Waals surface area contributed by atoms with Crippen LogP contribution in [0.2, 0.25) is 0 Å². The van der Waals surface area contributed by atoms with Gasteiger partial charge in [-0.15, -0.1) is 22.9 Å². The summed E-state index contributed by atoms with van der Waals surface area (Å²) in [7, 11) is 0. The molecule has 1 aromatic rings. The van der Waals surface area contributed by atoms with Crippen molar-refractivity contribution < 1.29 is 9.53 Å². The number of rotatable bonds is 6. The number of amides is 1. The Bertz CT molecular complexity index is 436. The minimum atomic E-state index is -0.146. The highest BCUT2D eigenvalue weighted by molar-refractivity contribution is 7.11. The molecule has 0 bridgehead atoms. The Labute approximate surface area is 123 Å². The van der Waals surface area contributed by atoms with E-state index in [1.165, 1.54) is 0 Å². The van der Waals surface area contributed by atoms with Crippen molar-refractivity contribution in [2.24, 2.45) is 0 Å². The third kappa shape index (κ3) is 4.64. The van der Waals surface area contributed by atoms with Crippen LogP contribution < -0.4 is 0 Å². The third-order valence-corrected chi connectivity index (χ3v) is 3.56. The van der Waals surface area contributed by atoms with Gasteiger partial charge in [-0.3, -0.25) is 9.69 Å². The summed E-state index contributed by atoms with van der Waals surface area (Å²) in [6.45, 7) is 8.08. The minimum Gasteiger partial charge on any atom is -0.358 e. The summed E-state index contributed by atoms with van der Waals surface area (Å²) in [5, 5.41) is 1.99. The first kappa shape index (κ1) is 16.2. The van der Waals surface area contributed by atoms with Gasteiger partial charge >= 0.3 is 0 Å². The van der Waals surface area contributed by atoms with E-state index in [1.807, 2.05) is 45.2 Å². The van der Waals surface area contributed by atoms with Crippen molar-refractivity contribution in [3.05, 3.63) is 28.0 Å². The van der Waals surface area contributed by atoms with Crippen LogP contribution in [0.4, 0.5) is 0 Å². The quantitative estimate of drug-likeness (QED) is 0.588. The highest BCUT2D eigenvalue weighted by atomic mass is 35.5. The van der Waals surface area contributed by atoms with Crippen molar-refractivity contribution >= 4 is 34.5 Å². The summed E-state index contributed by atoms with van der Waals surface area (Å²) in [6.07, 6.45) is 0.0624. The van der Waals surface area contributed by atoms with E-state index < -0.39 is 0 Å². The Morgan fingerprint density at radius 2 is 2.16 bits per heavy atom. The number of ether oxygens (including phenoxy) is 1. The number of carbonyl (C=O) groups excluding carboxylic acids is 1. The number of nitrogens with zero attached hydrogens (tertiary/aromatic N) is 1. The molecule has 3 nitrogen and oxygen atoms in total. The maximum Gasteiger partial charge on any atom is 0.243 e. The second-order valence-electron chi connectivity index (χ2n) is 4.63. The largest absolute Gasteiger partial charge is 0.358 e. The van der Waals surface area contributed by atoms with Gasteiger partial charge in [-0.05, 0) is 39.1 Å². The fourth-order valence-electron chi connectivity index (χ4n) is 1.62. The zero-order valence-electron chi connectivity index (χ0n) is 11.8. The number of alkyl halides is 1. The van der Waals surface area contributed by atoms with Crippen molar-refractivity contribution in [1.29, 1.82) is 0 Å². The Morgan fingerprint density at radius 1 is 1.47 bits per heavy atom. The zero-order chi connectivity index (χ0) is 14.4. The number of halogens is 1. The molecule has 1 rings (SSSR count). The Hall–Kier alpha value is -0.840. The third-order valence-electron chi connectivity index (χ3n) is 2.45. The topological polar surface area (TPSA) is 29.5 Å². The van der Waals surface area contributed by atoms with Gasteiger partial charge in [-0.25, -0.2) is 0 Å². The van der Waals surface area contributed by atoms with Gasteiger partial charge in [-0.1, -0.05) is 11.6 Å². The summed E-state index contributed by atoms with van der Waals surface area (Å²) in [4.78, 5) is 14.7. The van der Waals surface area contributed by atoms with E-state index >= 15 is 0 Å². The van der Waals surface area contributed by atoms with Crippen molar-refractivity contribution in [2.45, 2.75) is 33.8 Å². The molecule has 1 aromatic heterocycles. The van der Waals surface area contributed by atoms with Crippen LogP contribution >= 0.6 is 22.9 Å².